The summed E-state index contributed by atoms with van der Waals surface area (Å²) in [6, 6.07) is 6.09. The van der Waals surface area contributed by atoms with Crippen molar-refractivity contribution in [3.63, 3.8) is 0 Å². The molecule has 1 fully saturated rings. The van der Waals surface area contributed by atoms with Crippen LogP contribution in [-0.4, -0.2) is 16.2 Å². The van der Waals surface area contributed by atoms with Crippen LogP contribution < -0.4 is 10.3 Å². The second-order valence-electron chi connectivity index (χ2n) is 5.11. The van der Waals surface area contributed by atoms with Gasteiger partial charge in [-0.15, -0.1) is 0 Å². The summed E-state index contributed by atoms with van der Waals surface area (Å²) < 4.78 is 15.8. The van der Waals surface area contributed by atoms with E-state index < -0.39 is 0 Å². The van der Waals surface area contributed by atoms with Crippen LogP contribution in [0.2, 0.25) is 6.04 Å². The topological polar surface area (TPSA) is 29.3 Å². The molecule has 2 rings (SSSR count). The summed E-state index contributed by atoms with van der Waals surface area (Å²) in [5.41, 5.74) is 7.13. The highest BCUT2D eigenvalue weighted by Gasteiger charge is 2.27. The second-order valence-corrected chi connectivity index (χ2v) is 6.32. The normalized spacial score (nSPS) is 19.8. The summed E-state index contributed by atoms with van der Waals surface area (Å²) in [5.74, 6) is -0.202. The zero-order valence-corrected chi connectivity index (χ0v) is 10.8. The second kappa shape index (κ2) is 4.09. The van der Waals surface area contributed by atoms with Crippen LogP contribution in [0.3, 0.4) is 0 Å². The minimum atomic E-state index is -0.202. The lowest BCUT2D eigenvalue weighted by molar-refractivity contribution is 0.369. The van der Waals surface area contributed by atoms with Crippen molar-refractivity contribution in [1.82, 2.24) is 0 Å². The number of hydrogen-bond donors (Lipinski definition) is 1. The van der Waals surface area contributed by atoms with Crippen LogP contribution in [0.4, 0.5) is 15.8 Å². The molecule has 16 heavy (non-hydrogen) atoms. The maximum absolute atomic E-state index is 13.7. The number of nitrogen functional groups attached to an aromatic ring is 1. The van der Waals surface area contributed by atoms with Crippen molar-refractivity contribution in [1.29, 1.82) is 0 Å². The number of benzene rings is 1. The third-order valence-electron chi connectivity index (χ3n) is 3.02. The first kappa shape index (κ1) is 11.5. The first-order valence-electron chi connectivity index (χ1n) is 5.54. The van der Waals surface area contributed by atoms with Crippen molar-refractivity contribution in [2.45, 2.75) is 26.3 Å². The third kappa shape index (κ3) is 2.37. The fourth-order valence-corrected chi connectivity index (χ4v) is 3.26. The Bertz CT molecular complexity index is 383. The maximum atomic E-state index is 13.7. The fraction of sp³-hybridized carbons (Fsp3) is 0.500. The predicted molar refractivity (Wildman–Crippen MR) is 67.1 cm³/mol. The van der Waals surface area contributed by atoms with Gasteiger partial charge in [-0.3, -0.25) is 0 Å². The quantitative estimate of drug-likeness (QED) is 0.600. The summed E-state index contributed by atoms with van der Waals surface area (Å²) >= 11 is 0. The minimum Gasteiger partial charge on any atom is -0.399 e. The predicted octanol–water partition coefficient (Wildman–Crippen LogP) is 2.68. The Balaban J connectivity index is 2.14. The Kier molecular flexibility index (Phi) is 2.93. The summed E-state index contributed by atoms with van der Waals surface area (Å²) in [5, 5.41) is 0. The van der Waals surface area contributed by atoms with Crippen LogP contribution in [0.15, 0.2) is 18.2 Å². The Morgan fingerprint density at radius 3 is 2.75 bits per heavy atom. The van der Waals surface area contributed by atoms with Gasteiger partial charge in [0.05, 0.1) is 5.69 Å². The molecule has 0 atom stereocenters. The van der Waals surface area contributed by atoms with Crippen molar-refractivity contribution in [3.8, 4) is 0 Å². The van der Waals surface area contributed by atoms with Gasteiger partial charge < -0.3 is 10.3 Å². The number of halogens is 1. The summed E-state index contributed by atoms with van der Waals surface area (Å²) in [6.45, 7) is 5.49. The zero-order valence-electron chi connectivity index (χ0n) is 9.76. The van der Waals surface area contributed by atoms with Gasteiger partial charge in [0, 0.05) is 12.2 Å². The Labute approximate surface area is 98.5 Å². The molecule has 0 bridgehead atoms. The first-order valence-corrected chi connectivity index (χ1v) is 6.69. The Morgan fingerprint density at radius 1 is 1.44 bits per heavy atom. The van der Waals surface area contributed by atoms with E-state index in [2.05, 4.69) is 18.4 Å². The molecule has 86 valence electrons. The largest absolute Gasteiger partial charge is 0.399 e. The van der Waals surface area contributed by atoms with Crippen LogP contribution in [0, 0.1) is 11.2 Å². The lowest BCUT2D eigenvalue weighted by Gasteiger charge is -2.37. The van der Waals surface area contributed by atoms with E-state index in [1.807, 2.05) is 0 Å². The zero-order chi connectivity index (χ0) is 11.8. The van der Waals surface area contributed by atoms with E-state index in [-0.39, 0.29) is 5.82 Å². The van der Waals surface area contributed by atoms with Crippen molar-refractivity contribution in [2.75, 3.05) is 16.8 Å². The van der Waals surface area contributed by atoms with E-state index in [1.165, 1.54) is 6.07 Å². The fourth-order valence-electron chi connectivity index (χ4n) is 1.84. The highest BCUT2D eigenvalue weighted by Crippen LogP contribution is 2.33. The molecule has 1 saturated heterocycles. The molecule has 1 aromatic carbocycles. The molecule has 1 aliphatic rings. The lowest BCUT2D eigenvalue weighted by Crippen LogP contribution is -2.39. The van der Waals surface area contributed by atoms with E-state index in [9.17, 15) is 4.39 Å². The van der Waals surface area contributed by atoms with E-state index in [0.29, 0.717) is 26.5 Å². The molecule has 2 radical (unpaired) electrons. The standard InChI is InChI=1S/C12H17FN2Si/c1-12(2)5-6-15(16-8-12)11-4-3-9(14)7-10(11)13/h3-4,7H,5-6,8,14H2,1-2H3. The molecular weight excluding hydrogens is 219 g/mol. The van der Waals surface area contributed by atoms with E-state index in [4.69, 9.17) is 5.73 Å². The van der Waals surface area contributed by atoms with Crippen molar-refractivity contribution < 1.29 is 4.39 Å². The Morgan fingerprint density at radius 2 is 2.19 bits per heavy atom. The van der Waals surface area contributed by atoms with Gasteiger partial charge in [-0.05, 0) is 36.1 Å². The molecule has 0 aromatic heterocycles. The van der Waals surface area contributed by atoms with E-state index in [1.54, 1.807) is 12.1 Å². The van der Waals surface area contributed by atoms with E-state index in [0.717, 1.165) is 19.0 Å². The number of rotatable bonds is 1. The van der Waals surface area contributed by atoms with Gasteiger partial charge in [0.1, 0.15) is 5.82 Å². The average molecular weight is 236 g/mol. The van der Waals surface area contributed by atoms with Gasteiger partial charge in [-0.2, -0.15) is 0 Å². The summed E-state index contributed by atoms with van der Waals surface area (Å²) in [7, 11) is 0.667. The highest BCUT2D eigenvalue weighted by atomic mass is 28.2. The van der Waals surface area contributed by atoms with Crippen LogP contribution in [0.1, 0.15) is 20.3 Å². The number of hydrogen-bond acceptors (Lipinski definition) is 2. The van der Waals surface area contributed by atoms with Crippen molar-refractivity contribution in [2.24, 2.45) is 5.41 Å². The molecule has 2 N–H and O–H groups in total. The summed E-state index contributed by atoms with van der Waals surface area (Å²) in [4.78, 5) is 0. The van der Waals surface area contributed by atoms with Crippen LogP contribution >= 0.6 is 0 Å². The molecule has 0 saturated carbocycles. The SMILES string of the molecule is CC1(C)CCN(c2ccc(N)cc2F)[Si]C1. The molecule has 0 spiro atoms. The number of nitrogens with zero attached hydrogens (tertiary/aromatic N) is 1. The van der Waals surface area contributed by atoms with Gasteiger partial charge in [-0.25, -0.2) is 4.39 Å². The molecule has 0 amide bonds. The van der Waals surface area contributed by atoms with Crippen molar-refractivity contribution in [3.05, 3.63) is 24.0 Å². The smallest absolute Gasteiger partial charge is 0.181 e. The number of anilines is 2. The minimum absolute atomic E-state index is 0.202. The summed E-state index contributed by atoms with van der Waals surface area (Å²) in [6.07, 6.45) is 1.11. The van der Waals surface area contributed by atoms with Crippen LogP contribution in [-0.2, 0) is 0 Å². The molecule has 1 aliphatic heterocycles. The molecule has 1 aromatic rings. The van der Waals surface area contributed by atoms with Crippen molar-refractivity contribution >= 4 is 21.1 Å². The molecule has 0 unspecified atom stereocenters. The van der Waals surface area contributed by atoms with Gasteiger partial charge >= 0.3 is 0 Å². The lowest BCUT2D eigenvalue weighted by atomic mass is 9.91. The molecule has 2 nitrogen and oxygen atoms in total. The monoisotopic (exact) mass is 236 g/mol. The highest BCUT2D eigenvalue weighted by molar-refractivity contribution is 6.42. The van der Waals surface area contributed by atoms with Gasteiger partial charge in [0.15, 0.2) is 9.68 Å². The number of nitrogens with two attached hydrogens (primary N) is 1. The van der Waals surface area contributed by atoms with Gasteiger partial charge in [0.25, 0.3) is 0 Å². The average Bonchev–Trinajstić information content (AvgIpc) is 2.19. The Hall–Kier alpha value is -1.03. The maximum Gasteiger partial charge on any atom is 0.181 e. The van der Waals surface area contributed by atoms with E-state index >= 15 is 0 Å². The third-order valence-corrected chi connectivity index (χ3v) is 4.98. The van der Waals surface area contributed by atoms with Gasteiger partial charge in [0.2, 0.25) is 0 Å². The molecule has 1 heterocycles. The van der Waals surface area contributed by atoms with Crippen LogP contribution in [0.5, 0.6) is 0 Å². The molecule has 4 heteroatoms. The molecule has 0 aliphatic carbocycles. The van der Waals surface area contributed by atoms with Gasteiger partial charge in [-0.1, -0.05) is 13.8 Å². The molecular formula is C12H17FN2Si. The van der Waals surface area contributed by atoms with Crippen LogP contribution in [0.25, 0.3) is 0 Å². The first-order chi connectivity index (χ1) is 7.48.